The second-order valence-corrected chi connectivity index (χ2v) is 9.45. The minimum absolute atomic E-state index is 0.145. The van der Waals surface area contributed by atoms with Crippen molar-refractivity contribution in [2.24, 2.45) is 0 Å². The van der Waals surface area contributed by atoms with Crippen LogP contribution in [-0.4, -0.2) is 24.7 Å². The van der Waals surface area contributed by atoms with Gasteiger partial charge < -0.3 is 5.32 Å². The summed E-state index contributed by atoms with van der Waals surface area (Å²) < 4.78 is 27.8. The van der Waals surface area contributed by atoms with Crippen LogP contribution in [0.15, 0.2) is 83.8 Å². The Balaban J connectivity index is 1.80. The van der Waals surface area contributed by atoms with E-state index >= 15 is 0 Å². The number of anilines is 1. The molecule has 156 valence electrons. The molecule has 0 spiro atoms. The first-order valence-corrected chi connectivity index (χ1v) is 11.3. The van der Waals surface area contributed by atoms with Gasteiger partial charge in [-0.25, -0.2) is 8.42 Å². The van der Waals surface area contributed by atoms with Crippen LogP contribution in [0.25, 0.3) is 0 Å². The highest BCUT2D eigenvalue weighted by Crippen LogP contribution is 2.22. The molecule has 0 fully saturated rings. The van der Waals surface area contributed by atoms with Gasteiger partial charge in [-0.2, -0.15) is 4.31 Å². The third kappa shape index (κ3) is 5.27. The molecule has 0 radical (unpaired) electrons. The summed E-state index contributed by atoms with van der Waals surface area (Å²) in [5, 5.41) is 3.26. The maximum absolute atomic E-state index is 13.2. The molecule has 3 aromatic carbocycles. The van der Waals surface area contributed by atoms with Gasteiger partial charge in [-0.15, -0.1) is 0 Å². The zero-order valence-corrected chi connectivity index (χ0v) is 18.3. The first-order chi connectivity index (χ1) is 14.3. The normalized spacial score (nSPS) is 11.6. The van der Waals surface area contributed by atoms with Crippen molar-refractivity contribution in [1.82, 2.24) is 4.31 Å². The molecule has 0 aliphatic rings. The number of carbonyl (C=O) groups is 1. The molecule has 0 unspecified atom stereocenters. The average Bonchev–Trinajstić information content (AvgIpc) is 2.72. The second kappa shape index (κ2) is 9.43. The van der Waals surface area contributed by atoms with E-state index in [9.17, 15) is 13.2 Å². The predicted molar refractivity (Wildman–Crippen MR) is 120 cm³/mol. The highest BCUT2D eigenvalue weighted by molar-refractivity contribution is 7.89. The first-order valence-electron chi connectivity index (χ1n) is 9.50. The van der Waals surface area contributed by atoms with Gasteiger partial charge in [-0.1, -0.05) is 48.0 Å². The highest BCUT2D eigenvalue weighted by Gasteiger charge is 2.27. The minimum Gasteiger partial charge on any atom is -0.322 e. The predicted octanol–water partition coefficient (Wildman–Crippen LogP) is 5.19. The fourth-order valence-corrected chi connectivity index (χ4v) is 4.81. The van der Waals surface area contributed by atoms with E-state index in [1.807, 2.05) is 44.2 Å². The largest absolute Gasteiger partial charge is 0.322 e. The molecule has 0 saturated carbocycles. The molecular weight excluding hydrogens is 420 g/mol. The molecule has 0 heterocycles. The Hall–Kier alpha value is -2.67. The lowest BCUT2D eigenvalue weighted by atomic mass is 10.2. The van der Waals surface area contributed by atoms with E-state index in [4.69, 9.17) is 11.6 Å². The Morgan fingerprint density at radius 1 is 0.967 bits per heavy atom. The van der Waals surface area contributed by atoms with Crippen LogP contribution in [-0.2, 0) is 16.6 Å². The van der Waals surface area contributed by atoms with Gasteiger partial charge in [0.05, 0.1) is 4.90 Å². The molecule has 0 aliphatic carbocycles. The number of carbonyl (C=O) groups excluding carboxylic acids is 1. The molecule has 30 heavy (non-hydrogen) atoms. The van der Waals surface area contributed by atoms with Crippen LogP contribution < -0.4 is 5.32 Å². The zero-order valence-electron chi connectivity index (χ0n) is 16.7. The van der Waals surface area contributed by atoms with Crippen molar-refractivity contribution in [2.45, 2.75) is 31.3 Å². The lowest BCUT2D eigenvalue weighted by Gasteiger charge is -2.26. The molecule has 1 amide bonds. The molecule has 0 aliphatic heterocycles. The number of rotatable bonds is 7. The Bertz CT molecular complexity index is 1110. The standard InChI is InChI=1S/C23H23ClN2O3S/c1-17(2)26(16-18-7-4-3-5-8-18)30(28,29)22-13-11-19(12-14-22)23(27)25-21-10-6-9-20(24)15-21/h3-15,17H,16H2,1-2H3,(H,25,27). The molecule has 3 rings (SSSR count). The Morgan fingerprint density at radius 2 is 1.63 bits per heavy atom. The number of halogens is 1. The summed E-state index contributed by atoms with van der Waals surface area (Å²) in [5.41, 5.74) is 1.83. The Morgan fingerprint density at radius 3 is 2.23 bits per heavy atom. The Kier molecular flexibility index (Phi) is 6.92. The fourth-order valence-electron chi connectivity index (χ4n) is 2.99. The average molecular weight is 443 g/mol. The number of hydrogen-bond donors (Lipinski definition) is 1. The van der Waals surface area contributed by atoms with Gasteiger partial charge in [0, 0.05) is 28.9 Å². The summed E-state index contributed by atoms with van der Waals surface area (Å²) >= 11 is 5.94. The number of sulfonamides is 1. The van der Waals surface area contributed by atoms with Crippen molar-refractivity contribution < 1.29 is 13.2 Å². The van der Waals surface area contributed by atoms with Gasteiger partial charge in [0.1, 0.15) is 0 Å². The number of nitrogens with one attached hydrogen (secondary N) is 1. The van der Waals surface area contributed by atoms with Gasteiger partial charge in [0.2, 0.25) is 10.0 Å². The molecule has 0 atom stereocenters. The van der Waals surface area contributed by atoms with E-state index in [1.54, 1.807) is 24.3 Å². The number of benzene rings is 3. The van der Waals surface area contributed by atoms with E-state index in [1.165, 1.54) is 28.6 Å². The highest BCUT2D eigenvalue weighted by atomic mass is 35.5. The molecule has 0 aromatic heterocycles. The van der Waals surface area contributed by atoms with E-state index < -0.39 is 10.0 Å². The van der Waals surface area contributed by atoms with Crippen LogP contribution in [0.1, 0.15) is 29.8 Å². The molecule has 0 saturated heterocycles. The number of hydrogen-bond acceptors (Lipinski definition) is 3. The quantitative estimate of drug-likeness (QED) is 0.547. The van der Waals surface area contributed by atoms with E-state index in [-0.39, 0.29) is 23.4 Å². The SMILES string of the molecule is CC(C)N(Cc1ccccc1)S(=O)(=O)c1ccc(C(=O)Nc2cccc(Cl)c2)cc1. The van der Waals surface area contributed by atoms with Crippen LogP contribution in [0.2, 0.25) is 5.02 Å². The smallest absolute Gasteiger partial charge is 0.255 e. The summed E-state index contributed by atoms with van der Waals surface area (Å²) in [4.78, 5) is 12.6. The summed E-state index contributed by atoms with van der Waals surface area (Å²) in [6.07, 6.45) is 0. The summed E-state index contributed by atoms with van der Waals surface area (Å²) in [6.45, 7) is 3.96. The lowest BCUT2D eigenvalue weighted by Crippen LogP contribution is -2.36. The maximum atomic E-state index is 13.2. The monoisotopic (exact) mass is 442 g/mol. The van der Waals surface area contributed by atoms with Gasteiger partial charge in [0.15, 0.2) is 0 Å². The van der Waals surface area contributed by atoms with Crippen molar-refractivity contribution in [2.75, 3.05) is 5.32 Å². The van der Waals surface area contributed by atoms with Crippen molar-refractivity contribution in [3.05, 3.63) is 95.0 Å². The van der Waals surface area contributed by atoms with Crippen LogP contribution >= 0.6 is 11.6 Å². The minimum atomic E-state index is -3.72. The molecule has 7 heteroatoms. The van der Waals surface area contributed by atoms with E-state index in [2.05, 4.69) is 5.32 Å². The second-order valence-electron chi connectivity index (χ2n) is 7.12. The number of nitrogens with zero attached hydrogens (tertiary/aromatic N) is 1. The maximum Gasteiger partial charge on any atom is 0.255 e. The number of amides is 1. The van der Waals surface area contributed by atoms with Gasteiger partial charge in [0.25, 0.3) is 5.91 Å². The van der Waals surface area contributed by atoms with Crippen LogP contribution in [0.3, 0.4) is 0 Å². The molecule has 0 bridgehead atoms. The van der Waals surface area contributed by atoms with E-state index in [0.717, 1.165) is 5.56 Å². The van der Waals surface area contributed by atoms with E-state index in [0.29, 0.717) is 16.3 Å². The van der Waals surface area contributed by atoms with Gasteiger partial charge in [-0.05, 0) is 61.9 Å². The third-order valence-electron chi connectivity index (χ3n) is 4.56. The molecule has 3 aromatic rings. The molecule has 5 nitrogen and oxygen atoms in total. The zero-order chi connectivity index (χ0) is 21.7. The van der Waals surface area contributed by atoms with Crippen molar-refractivity contribution >= 4 is 33.2 Å². The van der Waals surface area contributed by atoms with Gasteiger partial charge in [-0.3, -0.25) is 4.79 Å². The van der Waals surface area contributed by atoms with Crippen LogP contribution in [0, 0.1) is 0 Å². The molecule has 1 N–H and O–H groups in total. The lowest BCUT2D eigenvalue weighted by molar-refractivity contribution is 0.102. The van der Waals surface area contributed by atoms with Crippen LogP contribution in [0.5, 0.6) is 0 Å². The summed E-state index contributed by atoms with van der Waals surface area (Å²) in [5.74, 6) is -0.341. The molecular formula is C23H23ClN2O3S. The summed E-state index contributed by atoms with van der Waals surface area (Å²) in [6, 6.07) is 22.0. The topological polar surface area (TPSA) is 66.5 Å². The first kappa shape index (κ1) is 22.0. The fraction of sp³-hybridized carbons (Fsp3) is 0.174. The van der Waals surface area contributed by atoms with Crippen LogP contribution in [0.4, 0.5) is 5.69 Å². The van der Waals surface area contributed by atoms with Gasteiger partial charge >= 0.3 is 0 Å². The van der Waals surface area contributed by atoms with Crippen molar-refractivity contribution in [3.63, 3.8) is 0 Å². The van der Waals surface area contributed by atoms with Crippen molar-refractivity contribution in [1.29, 1.82) is 0 Å². The summed E-state index contributed by atoms with van der Waals surface area (Å²) in [7, 11) is -3.72. The third-order valence-corrected chi connectivity index (χ3v) is 6.83. The van der Waals surface area contributed by atoms with Crippen molar-refractivity contribution in [3.8, 4) is 0 Å². The Labute approximate surface area is 182 Å².